The summed E-state index contributed by atoms with van der Waals surface area (Å²) in [7, 11) is 0. The van der Waals surface area contributed by atoms with Crippen LogP contribution in [0.25, 0.3) is 0 Å². The molecule has 19 heavy (non-hydrogen) atoms. The maximum Gasteiger partial charge on any atom is 0.0726 e. The van der Waals surface area contributed by atoms with Crippen molar-refractivity contribution in [2.45, 2.75) is 51.4 Å². The quantitative estimate of drug-likeness (QED) is 0.872. The Hall–Kier alpha value is -0.900. The summed E-state index contributed by atoms with van der Waals surface area (Å²) in [6, 6.07) is 6.69. The van der Waals surface area contributed by atoms with Gasteiger partial charge in [-0.25, -0.2) is 0 Å². The van der Waals surface area contributed by atoms with E-state index >= 15 is 0 Å². The highest BCUT2D eigenvalue weighted by atomic mass is 16.5. The predicted octanol–water partition coefficient (Wildman–Crippen LogP) is 1.99. The molecule has 0 amide bonds. The Kier molecular flexibility index (Phi) is 3.61. The Morgan fingerprint density at radius 2 is 2.37 bits per heavy atom. The predicted molar refractivity (Wildman–Crippen MR) is 77.1 cm³/mol. The van der Waals surface area contributed by atoms with Gasteiger partial charge in [-0.1, -0.05) is 18.2 Å². The SMILES string of the molecule is CC1OCCC1(C)NCc1cccc2c1CCNC2. The van der Waals surface area contributed by atoms with Crippen molar-refractivity contribution in [3.8, 4) is 0 Å². The van der Waals surface area contributed by atoms with E-state index in [1.165, 1.54) is 11.1 Å². The molecule has 2 N–H and O–H groups in total. The number of ether oxygens (including phenoxy) is 1. The molecule has 2 aliphatic heterocycles. The molecule has 2 aliphatic rings. The van der Waals surface area contributed by atoms with E-state index in [0.717, 1.165) is 39.1 Å². The first-order valence-electron chi connectivity index (χ1n) is 7.36. The summed E-state index contributed by atoms with van der Waals surface area (Å²) in [4.78, 5) is 0. The third-order valence-electron chi connectivity index (χ3n) is 4.81. The van der Waals surface area contributed by atoms with Gasteiger partial charge in [0.1, 0.15) is 0 Å². The largest absolute Gasteiger partial charge is 0.377 e. The van der Waals surface area contributed by atoms with Crippen molar-refractivity contribution in [3.63, 3.8) is 0 Å². The maximum atomic E-state index is 5.70. The first-order chi connectivity index (χ1) is 9.19. The molecular weight excluding hydrogens is 236 g/mol. The zero-order valence-electron chi connectivity index (χ0n) is 12.0. The topological polar surface area (TPSA) is 33.3 Å². The summed E-state index contributed by atoms with van der Waals surface area (Å²) < 4.78 is 5.70. The lowest BCUT2D eigenvalue weighted by atomic mass is 9.92. The zero-order chi connectivity index (χ0) is 13.3. The zero-order valence-corrected chi connectivity index (χ0v) is 12.0. The van der Waals surface area contributed by atoms with Crippen LogP contribution < -0.4 is 10.6 Å². The molecule has 3 rings (SSSR count). The second-order valence-corrected chi connectivity index (χ2v) is 6.02. The highest BCUT2D eigenvalue weighted by Crippen LogP contribution is 2.26. The first-order valence-corrected chi connectivity index (χ1v) is 7.36. The van der Waals surface area contributed by atoms with Crippen molar-refractivity contribution in [1.29, 1.82) is 0 Å². The van der Waals surface area contributed by atoms with Gasteiger partial charge in [0.2, 0.25) is 0 Å². The molecule has 0 spiro atoms. The minimum Gasteiger partial charge on any atom is -0.377 e. The second-order valence-electron chi connectivity index (χ2n) is 6.02. The molecular formula is C16H24N2O. The van der Waals surface area contributed by atoms with E-state index in [0.29, 0.717) is 6.10 Å². The first kappa shape index (κ1) is 13.1. The van der Waals surface area contributed by atoms with Crippen LogP contribution in [-0.4, -0.2) is 24.8 Å². The van der Waals surface area contributed by atoms with Crippen LogP contribution in [0, 0.1) is 0 Å². The van der Waals surface area contributed by atoms with Crippen molar-refractivity contribution in [2.24, 2.45) is 0 Å². The monoisotopic (exact) mass is 260 g/mol. The van der Waals surface area contributed by atoms with Gasteiger partial charge in [-0.05, 0) is 49.9 Å². The van der Waals surface area contributed by atoms with Gasteiger partial charge in [-0.2, -0.15) is 0 Å². The number of hydrogen-bond donors (Lipinski definition) is 2. The molecule has 3 nitrogen and oxygen atoms in total. The second kappa shape index (κ2) is 5.23. The van der Waals surface area contributed by atoms with E-state index in [2.05, 4.69) is 42.7 Å². The minimum absolute atomic E-state index is 0.121. The maximum absolute atomic E-state index is 5.70. The van der Waals surface area contributed by atoms with E-state index in [9.17, 15) is 0 Å². The number of nitrogens with one attached hydrogen (secondary N) is 2. The van der Waals surface area contributed by atoms with E-state index in [1.807, 2.05) is 0 Å². The standard InChI is InChI=1S/C16H24N2O/c1-12-16(2,7-9-19-12)18-11-14-5-3-4-13-10-17-8-6-15(13)14/h3-5,12,17-18H,6-11H2,1-2H3. The Balaban J connectivity index is 1.73. The van der Waals surface area contributed by atoms with Crippen molar-refractivity contribution >= 4 is 0 Å². The fourth-order valence-corrected chi connectivity index (χ4v) is 3.14. The molecule has 0 aromatic heterocycles. The number of hydrogen-bond acceptors (Lipinski definition) is 3. The molecule has 0 saturated carbocycles. The molecule has 3 heteroatoms. The summed E-state index contributed by atoms with van der Waals surface area (Å²) in [5.41, 5.74) is 4.59. The van der Waals surface area contributed by atoms with Crippen LogP contribution in [-0.2, 0) is 24.2 Å². The Morgan fingerprint density at radius 1 is 1.47 bits per heavy atom. The summed E-state index contributed by atoms with van der Waals surface area (Å²) in [5, 5.41) is 7.17. The van der Waals surface area contributed by atoms with Gasteiger partial charge in [0, 0.05) is 25.2 Å². The summed E-state index contributed by atoms with van der Waals surface area (Å²) in [6.45, 7) is 8.39. The van der Waals surface area contributed by atoms with Crippen LogP contribution in [0.5, 0.6) is 0 Å². The van der Waals surface area contributed by atoms with Gasteiger partial charge in [0.15, 0.2) is 0 Å². The lowest BCUT2D eigenvalue weighted by Crippen LogP contribution is -2.47. The molecule has 0 bridgehead atoms. The van der Waals surface area contributed by atoms with E-state index in [1.54, 1.807) is 5.56 Å². The summed E-state index contributed by atoms with van der Waals surface area (Å²) >= 11 is 0. The average molecular weight is 260 g/mol. The summed E-state index contributed by atoms with van der Waals surface area (Å²) in [6.07, 6.45) is 2.55. The Labute approximate surface area is 115 Å². The van der Waals surface area contributed by atoms with Crippen molar-refractivity contribution in [1.82, 2.24) is 10.6 Å². The van der Waals surface area contributed by atoms with Gasteiger partial charge < -0.3 is 15.4 Å². The number of rotatable bonds is 3. The summed E-state index contributed by atoms with van der Waals surface area (Å²) in [5.74, 6) is 0. The highest BCUT2D eigenvalue weighted by molar-refractivity contribution is 5.37. The molecule has 104 valence electrons. The third-order valence-corrected chi connectivity index (χ3v) is 4.81. The molecule has 0 aliphatic carbocycles. The molecule has 2 atom stereocenters. The van der Waals surface area contributed by atoms with Crippen molar-refractivity contribution in [2.75, 3.05) is 13.2 Å². The van der Waals surface area contributed by atoms with Gasteiger partial charge in [-0.3, -0.25) is 0 Å². The van der Waals surface area contributed by atoms with Crippen LogP contribution in [0.4, 0.5) is 0 Å². The average Bonchev–Trinajstić information content (AvgIpc) is 2.77. The van der Waals surface area contributed by atoms with E-state index in [-0.39, 0.29) is 5.54 Å². The van der Waals surface area contributed by atoms with Crippen molar-refractivity contribution in [3.05, 3.63) is 34.9 Å². The van der Waals surface area contributed by atoms with E-state index < -0.39 is 0 Å². The minimum atomic E-state index is 0.121. The van der Waals surface area contributed by atoms with Gasteiger partial charge in [-0.15, -0.1) is 0 Å². The molecule has 1 fully saturated rings. The Bertz CT molecular complexity index is 460. The smallest absolute Gasteiger partial charge is 0.0726 e. The van der Waals surface area contributed by atoms with Gasteiger partial charge >= 0.3 is 0 Å². The van der Waals surface area contributed by atoms with Crippen molar-refractivity contribution < 1.29 is 4.74 Å². The lowest BCUT2D eigenvalue weighted by molar-refractivity contribution is 0.0881. The van der Waals surface area contributed by atoms with Crippen LogP contribution in [0.2, 0.25) is 0 Å². The third kappa shape index (κ3) is 2.55. The van der Waals surface area contributed by atoms with E-state index in [4.69, 9.17) is 4.74 Å². The Morgan fingerprint density at radius 3 is 3.16 bits per heavy atom. The van der Waals surface area contributed by atoms with Crippen LogP contribution >= 0.6 is 0 Å². The lowest BCUT2D eigenvalue weighted by Gasteiger charge is -2.30. The molecule has 1 aromatic carbocycles. The fourth-order valence-electron chi connectivity index (χ4n) is 3.14. The van der Waals surface area contributed by atoms with Crippen LogP contribution in [0.1, 0.15) is 37.0 Å². The number of benzene rings is 1. The highest BCUT2D eigenvalue weighted by Gasteiger charge is 2.36. The normalized spacial score (nSPS) is 30.3. The number of fused-ring (bicyclic) bond motifs is 1. The molecule has 0 radical (unpaired) electrons. The molecule has 2 unspecified atom stereocenters. The van der Waals surface area contributed by atoms with Crippen LogP contribution in [0.3, 0.4) is 0 Å². The molecule has 1 aromatic rings. The van der Waals surface area contributed by atoms with Crippen LogP contribution in [0.15, 0.2) is 18.2 Å². The fraction of sp³-hybridized carbons (Fsp3) is 0.625. The molecule has 1 saturated heterocycles. The van der Waals surface area contributed by atoms with Gasteiger partial charge in [0.05, 0.1) is 6.10 Å². The molecule has 2 heterocycles. The van der Waals surface area contributed by atoms with Gasteiger partial charge in [0.25, 0.3) is 0 Å².